The molecule has 0 aromatic heterocycles. The SMILES string of the molecule is CC1CCN(S(=O)(=O)NCC(F)(F)F)C1CO. The van der Waals surface area contributed by atoms with Gasteiger partial charge in [0.25, 0.3) is 10.2 Å². The van der Waals surface area contributed by atoms with Crippen LogP contribution in [0.1, 0.15) is 13.3 Å². The van der Waals surface area contributed by atoms with Crippen molar-refractivity contribution in [2.75, 3.05) is 19.7 Å². The highest BCUT2D eigenvalue weighted by Gasteiger charge is 2.40. The third kappa shape index (κ3) is 3.80. The average molecular weight is 276 g/mol. The van der Waals surface area contributed by atoms with Crippen LogP contribution in [0.15, 0.2) is 0 Å². The highest BCUT2D eigenvalue weighted by Crippen LogP contribution is 2.26. The molecule has 0 aliphatic carbocycles. The van der Waals surface area contributed by atoms with Crippen LogP contribution in [0.3, 0.4) is 0 Å². The normalized spacial score (nSPS) is 27.6. The molecule has 17 heavy (non-hydrogen) atoms. The number of alkyl halides is 3. The van der Waals surface area contributed by atoms with Gasteiger partial charge in [-0.15, -0.1) is 0 Å². The van der Waals surface area contributed by atoms with E-state index in [0.29, 0.717) is 6.42 Å². The summed E-state index contributed by atoms with van der Waals surface area (Å²) >= 11 is 0. The average Bonchev–Trinajstić information content (AvgIpc) is 2.56. The van der Waals surface area contributed by atoms with Gasteiger partial charge in [-0.3, -0.25) is 0 Å². The van der Waals surface area contributed by atoms with Crippen molar-refractivity contribution in [2.45, 2.75) is 25.6 Å². The molecule has 1 aliphatic heterocycles. The Balaban J connectivity index is 2.71. The molecule has 0 saturated carbocycles. The summed E-state index contributed by atoms with van der Waals surface area (Å²) in [6.07, 6.45) is -4.06. The van der Waals surface area contributed by atoms with Gasteiger partial charge in [0.1, 0.15) is 6.54 Å². The largest absolute Gasteiger partial charge is 0.402 e. The van der Waals surface area contributed by atoms with Gasteiger partial charge < -0.3 is 5.11 Å². The summed E-state index contributed by atoms with van der Waals surface area (Å²) in [7, 11) is -4.18. The monoisotopic (exact) mass is 276 g/mol. The van der Waals surface area contributed by atoms with Gasteiger partial charge in [0.05, 0.1) is 12.6 Å². The van der Waals surface area contributed by atoms with Crippen molar-refractivity contribution in [3.63, 3.8) is 0 Å². The van der Waals surface area contributed by atoms with Gasteiger partial charge in [-0.05, 0) is 12.3 Å². The first kappa shape index (κ1) is 14.7. The summed E-state index contributed by atoms with van der Waals surface area (Å²) < 4.78 is 61.4. The van der Waals surface area contributed by atoms with Crippen LogP contribution >= 0.6 is 0 Å². The number of hydrogen-bond acceptors (Lipinski definition) is 3. The van der Waals surface area contributed by atoms with E-state index in [1.54, 1.807) is 6.92 Å². The van der Waals surface area contributed by atoms with E-state index in [1.165, 1.54) is 4.72 Å². The van der Waals surface area contributed by atoms with Crippen molar-refractivity contribution in [1.82, 2.24) is 9.03 Å². The molecule has 1 saturated heterocycles. The smallest absolute Gasteiger partial charge is 0.395 e. The molecule has 0 radical (unpaired) electrons. The van der Waals surface area contributed by atoms with Crippen LogP contribution in [0.4, 0.5) is 13.2 Å². The minimum atomic E-state index is -4.59. The maximum absolute atomic E-state index is 11.9. The number of rotatable bonds is 4. The van der Waals surface area contributed by atoms with Crippen molar-refractivity contribution in [2.24, 2.45) is 5.92 Å². The molecule has 9 heteroatoms. The Morgan fingerprint density at radius 3 is 2.53 bits per heavy atom. The van der Waals surface area contributed by atoms with Gasteiger partial charge in [-0.25, -0.2) is 0 Å². The molecule has 5 nitrogen and oxygen atoms in total. The van der Waals surface area contributed by atoms with E-state index in [1.807, 2.05) is 0 Å². The zero-order valence-electron chi connectivity index (χ0n) is 9.24. The molecule has 0 aromatic rings. The van der Waals surface area contributed by atoms with E-state index in [9.17, 15) is 21.6 Å². The highest BCUT2D eigenvalue weighted by atomic mass is 32.2. The van der Waals surface area contributed by atoms with Crippen LogP contribution in [0.2, 0.25) is 0 Å². The maximum Gasteiger partial charge on any atom is 0.402 e. The second-order valence-electron chi connectivity index (χ2n) is 4.07. The Hall–Kier alpha value is -0.380. The molecule has 2 N–H and O–H groups in total. The molecule has 102 valence electrons. The Kier molecular flexibility index (Phi) is 4.39. The lowest BCUT2D eigenvalue weighted by Crippen LogP contribution is -2.48. The highest BCUT2D eigenvalue weighted by molar-refractivity contribution is 7.87. The number of halogens is 3. The fraction of sp³-hybridized carbons (Fsp3) is 1.00. The van der Waals surface area contributed by atoms with Crippen molar-refractivity contribution < 1.29 is 26.7 Å². The van der Waals surface area contributed by atoms with Crippen LogP contribution in [0.25, 0.3) is 0 Å². The van der Waals surface area contributed by atoms with Gasteiger partial charge in [0.2, 0.25) is 0 Å². The summed E-state index contributed by atoms with van der Waals surface area (Å²) in [4.78, 5) is 0. The van der Waals surface area contributed by atoms with Crippen molar-refractivity contribution in [1.29, 1.82) is 0 Å². The predicted molar refractivity (Wildman–Crippen MR) is 54.3 cm³/mol. The molecule has 2 unspecified atom stereocenters. The summed E-state index contributed by atoms with van der Waals surface area (Å²) in [5.74, 6) is -0.0672. The van der Waals surface area contributed by atoms with Crippen LogP contribution in [-0.4, -0.2) is 49.7 Å². The summed E-state index contributed by atoms with van der Waals surface area (Å²) in [6, 6.07) is -0.652. The van der Waals surface area contributed by atoms with Crippen molar-refractivity contribution in [3.8, 4) is 0 Å². The summed E-state index contributed by atoms with van der Waals surface area (Å²) in [5, 5.41) is 9.04. The van der Waals surface area contributed by atoms with Gasteiger partial charge in [0, 0.05) is 6.54 Å². The van der Waals surface area contributed by atoms with Gasteiger partial charge in [0.15, 0.2) is 0 Å². The van der Waals surface area contributed by atoms with E-state index < -0.39 is 35.6 Å². The molecule has 0 amide bonds. The molecule has 1 rings (SSSR count). The second kappa shape index (κ2) is 5.09. The van der Waals surface area contributed by atoms with Crippen molar-refractivity contribution >= 4 is 10.2 Å². The first-order chi connectivity index (χ1) is 7.67. The molecule has 0 spiro atoms. The molecule has 1 fully saturated rings. The van der Waals surface area contributed by atoms with Crippen LogP contribution in [0.5, 0.6) is 0 Å². The lowest BCUT2D eigenvalue weighted by molar-refractivity contribution is -0.121. The number of nitrogens with one attached hydrogen (secondary N) is 1. The molecule has 1 heterocycles. The minimum Gasteiger partial charge on any atom is -0.395 e. The first-order valence-electron chi connectivity index (χ1n) is 5.11. The van der Waals surface area contributed by atoms with Crippen molar-refractivity contribution in [3.05, 3.63) is 0 Å². The summed E-state index contributed by atoms with van der Waals surface area (Å²) in [5.41, 5.74) is 0. The van der Waals surface area contributed by atoms with Gasteiger partial charge in [-0.2, -0.15) is 30.6 Å². The van der Waals surface area contributed by atoms with E-state index in [-0.39, 0.29) is 12.5 Å². The standard InChI is InChI=1S/C8H15F3N2O3S/c1-6-2-3-13(7(6)4-14)17(15,16)12-5-8(9,10)11/h6-7,12,14H,2-5H2,1H3. The lowest BCUT2D eigenvalue weighted by atomic mass is 10.0. The lowest BCUT2D eigenvalue weighted by Gasteiger charge is -2.24. The number of hydrogen-bond donors (Lipinski definition) is 2. The minimum absolute atomic E-state index is 0.0672. The third-order valence-corrected chi connectivity index (χ3v) is 4.36. The molecule has 2 atom stereocenters. The number of nitrogens with zero attached hydrogens (tertiary/aromatic N) is 1. The van der Waals surface area contributed by atoms with E-state index in [2.05, 4.69) is 0 Å². The second-order valence-corrected chi connectivity index (χ2v) is 5.78. The van der Waals surface area contributed by atoms with Crippen LogP contribution in [0, 0.1) is 5.92 Å². The topological polar surface area (TPSA) is 69.6 Å². The van der Waals surface area contributed by atoms with Crippen LogP contribution in [-0.2, 0) is 10.2 Å². The zero-order valence-corrected chi connectivity index (χ0v) is 10.1. The van der Waals surface area contributed by atoms with E-state index >= 15 is 0 Å². The zero-order chi connectivity index (χ0) is 13.3. The molecular formula is C8H15F3N2O3S. The fourth-order valence-corrected chi connectivity index (χ4v) is 3.29. The third-order valence-electron chi connectivity index (χ3n) is 2.78. The number of aliphatic hydroxyl groups is 1. The maximum atomic E-state index is 11.9. The Morgan fingerprint density at radius 1 is 1.47 bits per heavy atom. The molecular weight excluding hydrogens is 261 g/mol. The van der Waals surface area contributed by atoms with E-state index in [4.69, 9.17) is 5.11 Å². The fourth-order valence-electron chi connectivity index (χ4n) is 1.80. The van der Waals surface area contributed by atoms with Gasteiger partial charge >= 0.3 is 6.18 Å². The Bertz CT molecular complexity index is 358. The predicted octanol–water partition coefficient (Wildman–Crippen LogP) is 0.0858. The van der Waals surface area contributed by atoms with Crippen LogP contribution < -0.4 is 4.72 Å². The van der Waals surface area contributed by atoms with E-state index in [0.717, 1.165) is 4.31 Å². The Labute approximate surface area is 97.8 Å². The summed E-state index contributed by atoms with van der Waals surface area (Å²) in [6.45, 7) is -0.119. The number of aliphatic hydroxyl groups excluding tert-OH is 1. The first-order valence-corrected chi connectivity index (χ1v) is 6.55. The van der Waals surface area contributed by atoms with Gasteiger partial charge in [-0.1, -0.05) is 6.92 Å². The molecule has 0 bridgehead atoms. The molecule has 1 aliphatic rings. The quantitative estimate of drug-likeness (QED) is 0.764. The Morgan fingerprint density at radius 2 is 2.06 bits per heavy atom. The molecule has 0 aromatic carbocycles.